The summed E-state index contributed by atoms with van der Waals surface area (Å²) in [7, 11) is 1.60. The smallest absolute Gasteiger partial charge is 0.406 e. The van der Waals surface area contributed by atoms with Crippen LogP contribution in [0.25, 0.3) is 17.1 Å². The molecular formula is C24H23F3N6O2S. The zero-order valence-corrected chi connectivity index (χ0v) is 20.4. The number of hydrogen-bond donors (Lipinski definition) is 2. The summed E-state index contributed by atoms with van der Waals surface area (Å²) in [6, 6.07) is 11.8. The Morgan fingerprint density at radius 1 is 1.14 bits per heavy atom. The molecule has 0 bridgehead atoms. The van der Waals surface area contributed by atoms with Gasteiger partial charge in [0.25, 0.3) is 0 Å². The van der Waals surface area contributed by atoms with Gasteiger partial charge in [-0.25, -0.2) is 14.5 Å². The van der Waals surface area contributed by atoms with E-state index in [2.05, 4.69) is 32.0 Å². The summed E-state index contributed by atoms with van der Waals surface area (Å²) in [5.74, 6) is 0.0679. The molecule has 3 rings (SSSR count). The van der Waals surface area contributed by atoms with Crippen LogP contribution in [-0.4, -0.2) is 39.3 Å². The number of carbonyl (C=O) groups excluding carboxylic acids is 1. The van der Waals surface area contributed by atoms with Crippen molar-refractivity contribution in [3.05, 3.63) is 78.8 Å². The van der Waals surface area contributed by atoms with Crippen molar-refractivity contribution in [2.24, 2.45) is 0 Å². The average Bonchev–Trinajstić information content (AvgIpc) is 3.31. The minimum Gasteiger partial charge on any atom is -0.406 e. The summed E-state index contributed by atoms with van der Waals surface area (Å²) >= 11 is 5.19. The Hall–Kier alpha value is -4.19. The fourth-order valence-corrected chi connectivity index (χ4v) is 3.23. The van der Waals surface area contributed by atoms with Crippen LogP contribution in [0.2, 0.25) is 0 Å². The predicted octanol–water partition coefficient (Wildman–Crippen LogP) is 5.33. The lowest BCUT2D eigenvalue weighted by atomic mass is 10.2. The quantitative estimate of drug-likeness (QED) is 0.340. The third-order valence-electron chi connectivity index (χ3n) is 4.86. The fraction of sp³-hybridized carbons (Fsp3) is 0.167. The number of aromatic nitrogens is 3. The van der Waals surface area contributed by atoms with Crippen LogP contribution < -0.4 is 20.3 Å². The number of anilines is 1. The van der Waals surface area contributed by atoms with Crippen molar-refractivity contribution in [1.82, 2.24) is 25.4 Å². The van der Waals surface area contributed by atoms with Gasteiger partial charge in [0.2, 0.25) is 0 Å². The van der Waals surface area contributed by atoms with Gasteiger partial charge in [0.15, 0.2) is 10.9 Å². The monoisotopic (exact) mass is 516 g/mol. The first-order valence-corrected chi connectivity index (χ1v) is 10.9. The largest absolute Gasteiger partial charge is 0.573 e. The predicted molar refractivity (Wildman–Crippen MR) is 135 cm³/mol. The molecule has 1 aromatic heterocycles. The van der Waals surface area contributed by atoms with Crippen molar-refractivity contribution < 1.29 is 22.7 Å². The third kappa shape index (κ3) is 6.92. The van der Waals surface area contributed by atoms with Crippen LogP contribution in [0.4, 0.5) is 23.7 Å². The minimum atomic E-state index is -4.76. The summed E-state index contributed by atoms with van der Waals surface area (Å²) in [5, 5.41) is 10.0. The van der Waals surface area contributed by atoms with Crippen LogP contribution in [0.5, 0.6) is 5.75 Å². The van der Waals surface area contributed by atoms with E-state index in [0.29, 0.717) is 28.5 Å². The molecule has 1 heterocycles. The molecule has 2 amide bonds. The second-order valence-electron chi connectivity index (χ2n) is 7.53. The highest BCUT2D eigenvalue weighted by atomic mass is 32.1. The van der Waals surface area contributed by atoms with Gasteiger partial charge in [-0.3, -0.25) is 10.2 Å². The maximum atomic E-state index is 12.6. The topological polar surface area (TPSA) is 84.3 Å². The van der Waals surface area contributed by atoms with Gasteiger partial charge >= 0.3 is 12.4 Å². The summed E-state index contributed by atoms with van der Waals surface area (Å²) in [6.45, 7) is 7.49. The van der Waals surface area contributed by atoms with Crippen LogP contribution in [0, 0.1) is 0 Å². The van der Waals surface area contributed by atoms with E-state index in [1.807, 2.05) is 13.8 Å². The molecule has 2 N–H and O–H groups in total. The van der Waals surface area contributed by atoms with E-state index in [0.717, 1.165) is 5.57 Å². The van der Waals surface area contributed by atoms with Gasteiger partial charge in [-0.15, -0.1) is 18.3 Å². The van der Waals surface area contributed by atoms with E-state index in [9.17, 15) is 18.0 Å². The zero-order valence-electron chi connectivity index (χ0n) is 19.6. The molecule has 36 heavy (non-hydrogen) atoms. The molecule has 3 aromatic rings. The van der Waals surface area contributed by atoms with Crippen molar-refractivity contribution in [3.8, 4) is 22.8 Å². The Labute approximate surface area is 211 Å². The number of alkyl halides is 3. The van der Waals surface area contributed by atoms with Gasteiger partial charge in [-0.05, 0) is 80.2 Å². The van der Waals surface area contributed by atoms with Gasteiger partial charge in [0.05, 0.1) is 5.69 Å². The second kappa shape index (κ2) is 11.0. The number of thiocarbonyl (C=S) groups is 1. The molecule has 0 aliphatic heterocycles. The zero-order chi connectivity index (χ0) is 26.5. The van der Waals surface area contributed by atoms with Gasteiger partial charge in [0, 0.05) is 24.0 Å². The second-order valence-corrected chi connectivity index (χ2v) is 7.94. The number of hydrogen-bond acceptors (Lipinski definition) is 5. The van der Waals surface area contributed by atoms with Crippen molar-refractivity contribution in [1.29, 1.82) is 0 Å². The number of carbonyl (C=O) groups is 1. The lowest BCUT2D eigenvalue weighted by molar-refractivity contribution is -0.274. The van der Waals surface area contributed by atoms with Crippen molar-refractivity contribution in [2.45, 2.75) is 20.2 Å². The summed E-state index contributed by atoms with van der Waals surface area (Å²) < 4.78 is 42.3. The molecule has 0 radical (unpaired) electrons. The van der Waals surface area contributed by atoms with Crippen LogP contribution >= 0.6 is 12.2 Å². The van der Waals surface area contributed by atoms with Crippen LogP contribution in [0.3, 0.4) is 0 Å². The molecule has 0 unspecified atom stereocenters. The number of benzene rings is 2. The minimum absolute atomic E-state index is 0.146. The average molecular weight is 517 g/mol. The van der Waals surface area contributed by atoms with E-state index in [1.54, 1.807) is 37.4 Å². The summed E-state index contributed by atoms with van der Waals surface area (Å²) in [5.41, 5.74) is 3.28. The molecule has 8 nitrogen and oxygen atoms in total. The maximum Gasteiger partial charge on any atom is 0.573 e. The van der Waals surface area contributed by atoms with Crippen LogP contribution in [0.15, 0.2) is 78.8 Å². The Kier molecular flexibility index (Phi) is 8.10. The number of halogens is 3. The fourth-order valence-electron chi connectivity index (χ4n) is 3.03. The number of nitrogens with one attached hydrogen (secondary N) is 2. The van der Waals surface area contributed by atoms with Crippen LogP contribution in [0.1, 0.15) is 13.8 Å². The molecule has 0 spiro atoms. The number of urea groups is 1. The highest BCUT2D eigenvalue weighted by Gasteiger charge is 2.31. The Bertz CT molecular complexity index is 1280. The first-order chi connectivity index (χ1) is 17.0. The Morgan fingerprint density at radius 3 is 2.33 bits per heavy atom. The standard InChI is InChI=1S/C24H23F3N6O2S/c1-5-20(15(2)3)29-22(36)30-23(34)32(4)17-8-6-16(7-9-17)21-28-14-33(31-21)18-10-12-19(13-11-18)35-24(25,26)27/h5-14H,2H2,1,3-4H3,(H2,29,30,34,36)/b20-5-. The molecule has 0 fully saturated rings. The summed E-state index contributed by atoms with van der Waals surface area (Å²) in [4.78, 5) is 18.2. The van der Waals surface area contributed by atoms with Crippen LogP contribution in [-0.2, 0) is 0 Å². The van der Waals surface area contributed by atoms with E-state index in [1.165, 1.54) is 40.2 Å². The Balaban J connectivity index is 1.65. The molecule has 0 saturated carbocycles. The van der Waals surface area contributed by atoms with Gasteiger partial charge in [0.1, 0.15) is 12.1 Å². The highest BCUT2D eigenvalue weighted by molar-refractivity contribution is 7.80. The van der Waals surface area contributed by atoms with E-state index < -0.39 is 12.4 Å². The van der Waals surface area contributed by atoms with E-state index in [-0.39, 0.29) is 10.9 Å². The van der Waals surface area contributed by atoms with Gasteiger partial charge in [-0.1, -0.05) is 12.7 Å². The lowest BCUT2D eigenvalue weighted by Crippen LogP contribution is -2.45. The molecule has 0 saturated heterocycles. The molecule has 12 heteroatoms. The molecule has 0 aliphatic carbocycles. The number of allylic oxidation sites excluding steroid dienone is 2. The summed E-state index contributed by atoms with van der Waals surface area (Å²) in [6.07, 6.45) is -1.51. The Morgan fingerprint density at radius 2 is 1.78 bits per heavy atom. The van der Waals surface area contributed by atoms with E-state index >= 15 is 0 Å². The van der Waals surface area contributed by atoms with Crippen molar-refractivity contribution in [2.75, 3.05) is 11.9 Å². The van der Waals surface area contributed by atoms with Crippen molar-refractivity contribution in [3.63, 3.8) is 0 Å². The first-order valence-electron chi connectivity index (χ1n) is 10.5. The van der Waals surface area contributed by atoms with Crippen molar-refractivity contribution >= 4 is 29.0 Å². The maximum absolute atomic E-state index is 12.6. The van der Waals surface area contributed by atoms with E-state index in [4.69, 9.17) is 12.2 Å². The molecule has 0 atom stereocenters. The SMILES string of the molecule is C=C(C)/C(=C/C)NC(=S)NC(=O)N(C)c1ccc(-c2ncn(-c3ccc(OC(F)(F)F)cc3)n2)cc1. The first kappa shape index (κ1) is 26.4. The van der Waals surface area contributed by atoms with Gasteiger partial charge in [-0.2, -0.15) is 0 Å². The number of nitrogens with zero attached hydrogens (tertiary/aromatic N) is 4. The number of rotatable bonds is 6. The molecule has 0 aliphatic rings. The number of amides is 2. The number of ether oxygens (including phenoxy) is 1. The molecule has 2 aromatic carbocycles. The van der Waals surface area contributed by atoms with Gasteiger partial charge < -0.3 is 10.1 Å². The highest BCUT2D eigenvalue weighted by Crippen LogP contribution is 2.24. The third-order valence-corrected chi connectivity index (χ3v) is 5.07. The normalized spacial score (nSPS) is 11.6. The molecule has 188 valence electrons. The lowest BCUT2D eigenvalue weighted by Gasteiger charge is -2.19. The molecular weight excluding hydrogens is 493 g/mol.